The number of halogens is 1. The molecule has 1 N–H and O–H groups in total. The summed E-state index contributed by atoms with van der Waals surface area (Å²) < 4.78 is 31.9. The van der Waals surface area contributed by atoms with Gasteiger partial charge in [-0.2, -0.15) is 0 Å². The van der Waals surface area contributed by atoms with Crippen LogP contribution in [0.5, 0.6) is 5.75 Å². The number of anilines is 1. The molecule has 1 aromatic heterocycles. The van der Waals surface area contributed by atoms with Crippen LogP contribution in [0, 0.1) is 6.92 Å². The first-order valence-electron chi connectivity index (χ1n) is 5.71. The lowest BCUT2D eigenvalue weighted by molar-refractivity contribution is 0.413. The predicted octanol–water partition coefficient (Wildman–Crippen LogP) is 2.85. The first-order chi connectivity index (χ1) is 9.42. The average molecular weight is 313 g/mol. The van der Waals surface area contributed by atoms with E-state index < -0.39 is 10.0 Å². The standard InChI is InChI=1S/C13H13ClN2O3S/c1-9-5-6-15-13(7-9)16-20(17,18)10-3-4-11(14)12(8-10)19-2/h3-8H,1-2H3,(H,15,16). The Kier molecular flexibility index (Phi) is 4.15. The maximum atomic E-state index is 12.2. The Labute approximate surface area is 122 Å². The van der Waals surface area contributed by atoms with Crippen molar-refractivity contribution in [2.24, 2.45) is 0 Å². The van der Waals surface area contributed by atoms with Crippen LogP contribution >= 0.6 is 11.6 Å². The summed E-state index contributed by atoms with van der Waals surface area (Å²) in [5.74, 6) is 0.561. The Morgan fingerprint density at radius 3 is 2.65 bits per heavy atom. The van der Waals surface area contributed by atoms with Crippen molar-refractivity contribution in [3.63, 3.8) is 0 Å². The highest BCUT2D eigenvalue weighted by atomic mass is 35.5. The van der Waals surface area contributed by atoms with Crippen LogP contribution < -0.4 is 9.46 Å². The molecule has 0 aliphatic rings. The molecule has 20 heavy (non-hydrogen) atoms. The van der Waals surface area contributed by atoms with Gasteiger partial charge in [-0.1, -0.05) is 11.6 Å². The number of aromatic nitrogens is 1. The summed E-state index contributed by atoms with van der Waals surface area (Å²) in [7, 11) is -2.31. The highest BCUT2D eigenvalue weighted by Crippen LogP contribution is 2.27. The summed E-state index contributed by atoms with van der Waals surface area (Å²) in [5, 5.41) is 0.347. The van der Waals surface area contributed by atoms with Crippen LogP contribution in [-0.2, 0) is 10.0 Å². The third kappa shape index (κ3) is 3.20. The summed E-state index contributed by atoms with van der Waals surface area (Å²) in [6.45, 7) is 1.85. The fraction of sp³-hybridized carbons (Fsp3) is 0.154. The number of sulfonamides is 1. The molecule has 0 atom stereocenters. The zero-order valence-corrected chi connectivity index (χ0v) is 12.5. The van der Waals surface area contributed by atoms with Crippen molar-refractivity contribution in [3.05, 3.63) is 47.1 Å². The van der Waals surface area contributed by atoms with E-state index in [0.29, 0.717) is 10.8 Å². The van der Waals surface area contributed by atoms with Crippen LogP contribution in [0.4, 0.5) is 5.82 Å². The first-order valence-corrected chi connectivity index (χ1v) is 7.57. The molecule has 0 saturated heterocycles. The number of hydrogen-bond acceptors (Lipinski definition) is 4. The maximum Gasteiger partial charge on any atom is 0.263 e. The minimum Gasteiger partial charge on any atom is -0.495 e. The van der Waals surface area contributed by atoms with Crippen molar-refractivity contribution in [2.45, 2.75) is 11.8 Å². The fourth-order valence-corrected chi connectivity index (χ4v) is 2.80. The Balaban J connectivity index is 2.35. The topological polar surface area (TPSA) is 68.3 Å². The quantitative estimate of drug-likeness (QED) is 0.942. The molecule has 2 rings (SSSR count). The van der Waals surface area contributed by atoms with Crippen molar-refractivity contribution in [1.82, 2.24) is 4.98 Å². The van der Waals surface area contributed by atoms with Crippen LogP contribution in [0.2, 0.25) is 5.02 Å². The molecule has 106 valence electrons. The van der Waals surface area contributed by atoms with Gasteiger partial charge in [0.2, 0.25) is 0 Å². The van der Waals surface area contributed by atoms with E-state index in [4.69, 9.17) is 16.3 Å². The highest BCUT2D eigenvalue weighted by molar-refractivity contribution is 7.92. The summed E-state index contributed by atoms with van der Waals surface area (Å²) in [5.41, 5.74) is 0.909. The number of nitrogens with zero attached hydrogens (tertiary/aromatic N) is 1. The van der Waals surface area contributed by atoms with Crippen LogP contribution in [0.1, 0.15) is 5.56 Å². The minimum absolute atomic E-state index is 0.0575. The molecule has 0 aliphatic heterocycles. The monoisotopic (exact) mass is 312 g/mol. The summed E-state index contributed by atoms with van der Waals surface area (Å²) in [6.07, 6.45) is 1.54. The number of benzene rings is 1. The van der Waals surface area contributed by atoms with E-state index >= 15 is 0 Å². The van der Waals surface area contributed by atoms with Crippen molar-refractivity contribution >= 4 is 27.4 Å². The number of ether oxygens (including phenoxy) is 1. The van der Waals surface area contributed by atoms with E-state index in [1.807, 2.05) is 6.92 Å². The molecule has 0 saturated carbocycles. The van der Waals surface area contributed by atoms with Gasteiger partial charge in [0, 0.05) is 12.3 Å². The Morgan fingerprint density at radius 1 is 1.25 bits per heavy atom. The zero-order chi connectivity index (χ0) is 14.8. The smallest absolute Gasteiger partial charge is 0.263 e. The summed E-state index contributed by atoms with van der Waals surface area (Å²) >= 11 is 5.87. The van der Waals surface area contributed by atoms with Gasteiger partial charge in [0.15, 0.2) is 0 Å². The Hall–Kier alpha value is -1.79. The molecule has 0 bridgehead atoms. The normalized spacial score (nSPS) is 11.2. The van der Waals surface area contributed by atoms with E-state index in [9.17, 15) is 8.42 Å². The molecule has 0 fully saturated rings. The van der Waals surface area contributed by atoms with Crippen LogP contribution in [0.3, 0.4) is 0 Å². The summed E-state index contributed by atoms with van der Waals surface area (Å²) in [4.78, 5) is 4.02. The molecule has 5 nitrogen and oxygen atoms in total. The number of aryl methyl sites for hydroxylation is 1. The van der Waals surface area contributed by atoms with Gasteiger partial charge in [-0.05, 0) is 36.8 Å². The molecule has 0 spiro atoms. The van der Waals surface area contributed by atoms with E-state index in [1.54, 1.807) is 12.1 Å². The van der Waals surface area contributed by atoms with Crippen molar-refractivity contribution < 1.29 is 13.2 Å². The van der Waals surface area contributed by atoms with E-state index in [2.05, 4.69) is 9.71 Å². The van der Waals surface area contributed by atoms with Crippen LogP contribution in [0.25, 0.3) is 0 Å². The molecule has 1 heterocycles. The molecular weight excluding hydrogens is 300 g/mol. The van der Waals surface area contributed by atoms with Crippen molar-refractivity contribution in [3.8, 4) is 5.75 Å². The second-order valence-corrected chi connectivity index (χ2v) is 6.21. The lowest BCUT2D eigenvalue weighted by Gasteiger charge is -2.09. The molecule has 1 aromatic carbocycles. The van der Waals surface area contributed by atoms with Crippen molar-refractivity contribution in [1.29, 1.82) is 0 Å². The van der Waals surface area contributed by atoms with E-state index in [0.717, 1.165) is 5.56 Å². The number of pyridine rings is 1. The first kappa shape index (κ1) is 14.6. The second kappa shape index (κ2) is 5.68. The average Bonchev–Trinajstić information content (AvgIpc) is 2.38. The molecule has 0 amide bonds. The Morgan fingerprint density at radius 2 is 2.00 bits per heavy atom. The van der Waals surface area contributed by atoms with Gasteiger partial charge in [0.25, 0.3) is 10.0 Å². The molecular formula is C13H13ClN2O3S. The van der Waals surface area contributed by atoms with Crippen LogP contribution in [-0.4, -0.2) is 20.5 Å². The SMILES string of the molecule is COc1cc(S(=O)(=O)Nc2cc(C)ccn2)ccc1Cl. The van der Waals surface area contributed by atoms with Crippen LogP contribution in [0.15, 0.2) is 41.4 Å². The van der Waals surface area contributed by atoms with Gasteiger partial charge in [0.1, 0.15) is 11.6 Å². The number of methoxy groups -OCH3 is 1. The van der Waals surface area contributed by atoms with Gasteiger partial charge in [-0.25, -0.2) is 13.4 Å². The number of nitrogens with one attached hydrogen (secondary N) is 1. The molecule has 0 aliphatic carbocycles. The van der Waals surface area contributed by atoms with Gasteiger partial charge in [0.05, 0.1) is 17.0 Å². The van der Waals surface area contributed by atoms with Crippen molar-refractivity contribution in [2.75, 3.05) is 11.8 Å². The molecule has 2 aromatic rings. The lowest BCUT2D eigenvalue weighted by atomic mass is 10.3. The van der Waals surface area contributed by atoms with Gasteiger partial charge in [-0.3, -0.25) is 4.72 Å². The number of rotatable bonds is 4. The predicted molar refractivity (Wildman–Crippen MR) is 77.8 cm³/mol. The van der Waals surface area contributed by atoms with Gasteiger partial charge >= 0.3 is 0 Å². The van der Waals surface area contributed by atoms with Gasteiger partial charge < -0.3 is 4.74 Å². The van der Waals surface area contributed by atoms with E-state index in [1.165, 1.54) is 31.5 Å². The zero-order valence-electron chi connectivity index (χ0n) is 10.9. The molecule has 7 heteroatoms. The second-order valence-electron chi connectivity index (χ2n) is 4.12. The molecule has 0 radical (unpaired) electrons. The number of hydrogen-bond donors (Lipinski definition) is 1. The fourth-order valence-electron chi connectivity index (χ4n) is 1.60. The largest absolute Gasteiger partial charge is 0.495 e. The minimum atomic E-state index is -3.73. The van der Waals surface area contributed by atoms with Gasteiger partial charge in [-0.15, -0.1) is 0 Å². The Bertz CT molecular complexity index is 732. The highest BCUT2D eigenvalue weighted by Gasteiger charge is 2.17. The third-order valence-electron chi connectivity index (χ3n) is 2.59. The summed E-state index contributed by atoms with van der Waals surface area (Å²) in [6, 6.07) is 7.66. The third-order valence-corrected chi connectivity index (χ3v) is 4.25. The van der Waals surface area contributed by atoms with E-state index in [-0.39, 0.29) is 10.7 Å². The molecule has 0 unspecified atom stereocenters. The maximum absolute atomic E-state index is 12.2. The lowest BCUT2D eigenvalue weighted by Crippen LogP contribution is -2.14.